The van der Waals surface area contributed by atoms with Gasteiger partial charge in [0.05, 0.1) is 18.2 Å². The molecule has 5 heteroatoms. The summed E-state index contributed by atoms with van der Waals surface area (Å²) in [4.78, 5) is 14.7. The number of nitrogens with one attached hydrogen (secondary N) is 1. The largest absolute Gasteiger partial charge is 0.459 e. The van der Waals surface area contributed by atoms with Crippen molar-refractivity contribution >= 4 is 17.0 Å². The fourth-order valence-corrected chi connectivity index (χ4v) is 5.59. The lowest BCUT2D eigenvalue weighted by Gasteiger charge is -2.29. The quantitative estimate of drug-likeness (QED) is 0.882. The lowest BCUT2D eigenvalue weighted by Crippen LogP contribution is -2.48. The fourth-order valence-electron chi connectivity index (χ4n) is 5.59. The molecule has 2 amide bonds. The van der Waals surface area contributed by atoms with Crippen LogP contribution in [0.2, 0.25) is 0 Å². The second kappa shape index (κ2) is 5.24. The number of amides is 2. The number of aliphatic hydroxyl groups excluding tert-OH is 1. The molecule has 25 heavy (non-hydrogen) atoms. The minimum absolute atomic E-state index is 0.00715. The van der Waals surface area contributed by atoms with Crippen LogP contribution in [0.25, 0.3) is 11.0 Å². The number of nitrogens with zero attached hydrogens (tertiary/aromatic N) is 1. The molecule has 0 unspecified atom stereocenters. The van der Waals surface area contributed by atoms with Crippen molar-refractivity contribution in [2.45, 2.75) is 44.9 Å². The van der Waals surface area contributed by atoms with Crippen LogP contribution < -0.4 is 5.32 Å². The molecule has 5 nitrogen and oxygen atoms in total. The number of hydrogen-bond acceptors (Lipinski definition) is 3. The summed E-state index contributed by atoms with van der Waals surface area (Å²) in [5.41, 5.74) is 1.93. The Morgan fingerprint density at radius 3 is 2.88 bits per heavy atom. The van der Waals surface area contributed by atoms with E-state index in [1.807, 2.05) is 43.0 Å². The van der Waals surface area contributed by atoms with E-state index in [1.54, 1.807) is 0 Å². The monoisotopic (exact) mass is 340 g/mol. The molecule has 1 aromatic heterocycles. The summed E-state index contributed by atoms with van der Waals surface area (Å²) in [7, 11) is 0. The molecule has 0 radical (unpaired) electrons. The van der Waals surface area contributed by atoms with Gasteiger partial charge in [0.25, 0.3) is 0 Å². The van der Waals surface area contributed by atoms with Crippen molar-refractivity contribution in [3.63, 3.8) is 0 Å². The number of fused-ring (bicyclic) bond motifs is 2. The highest BCUT2D eigenvalue weighted by Crippen LogP contribution is 2.54. The maximum Gasteiger partial charge on any atom is 0.318 e. The minimum Gasteiger partial charge on any atom is -0.459 e. The van der Waals surface area contributed by atoms with Gasteiger partial charge in [-0.25, -0.2) is 4.79 Å². The summed E-state index contributed by atoms with van der Waals surface area (Å²) in [6.45, 7) is 4.77. The number of rotatable bonds is 2. The Balaban J connectivity index is 1.36. The number of urea groups is 1. The van der Waals surface area contributed by atoms with E-state index in [2.05, 4.69) is 5.32 Å². The van der Waals surface area contributed by atoms with Crippen molar-refractivity contribution in [2.75, 3.05) is 6.54 Å². The molecule has 2 saturated carbocycles. The molecule has 2 aliphatic carbocycles. The van der Waals surface area contributed by atoms with Crippen molar-refractivity contribution in [1.82, 2.24) is 10.2 Å². The molecule has 6 atom stereocenters. The number of hydrogen-bond donors (Lipinski definition) is 2. The number of carbonyl (C=O) groups excluding carboxylic acids is 1. The molecule has 3 aliphatic rings. The molecule has 2 aromatic rings. The van der Waals surface area contributed by atoms with Gasteiger partial charge in [-0.1, -0.05) is 18.2 Å². The Morgan fingerprint density at radius 2 is 2.12 bits per heavy atom. The van der Waals surface area contributed by atoms with E-state index in [-0.39, 0.29) is 24.2 Å². The van der Waals surface area contributed by atoms with E-state index in [0.717, 1.165) is 41.7 Å². The van der Waals surface area contributed by atoms with Crippen LogP contribution in [0.3, 0.4) is 0 Å². The average molecular weight is 340 g/mol. The number of aliphatic hydroxyl groups is 1. The molecule has 5 rings (SSSR count). The van der Waals surface area contributed by atoms with Crippen molar-refractivity contribution < 1.29 is 14.3 Å². The molecule has 1 aliphatic heterocycles. The van der Waals surface area contributed by atoms with Crippen molar-refractivity contribution in [3.8, 4) is 0 Å². The Morgan fingerprint density at radius 1 is 1.32 bits per heavy atom. The molecule has 2 N–H and O–H groups in total. The Kier molecular flexibility index (Phi) is 3.20. The molecule has 2 heterocycles. The summed E-state index contributed by atoms with van der Waals surface area (Å²) in [6.07, 6.45) is 1.81. The maximum atomic E-state index is 12.9. The predicted molar refractivity (Wildman–Crippen MR) is 94.1 cm³/mol. The molecule has 1 aromatic carbocycles. The Labute approximate surface area is 147 Å². The smallest absolute Gasteiger partial charge is 0.318 e. The Bertz CT molecular complexity index is 843. The first-order valence-corrected chi connectivity index (χ1v) is 9.28. The van der Waals surface area contributed by atoms with Gasteiger partial charge in [0.2, 0.25) is 0 Å². The van der Waals surface area contributed by atoms with Crippen molar-refractivity contribution in [3.05, 3.63) is 35.6 Å². The lowest BCUT2D eigenvalue weighted by atomic mass is 9.88. The standard InChI is InChI=1S/C20H24N2O3/c1-10-14-5-3-4-6-16(14)25-19(10)11(2)21-20(24)22-9-13-7-12-8-15(13)17(22)18(12)23/h3-6,11-13,15,17-18,23H,7-9H2,1-2H3,(H,21,24)/t11-,12-,13-,15+,17+,18-/m0/s1. The summed E-state index contributed by atoms with van der Waals surface area (Å²) in [6, 6.07) is 7.67. The van der Waals surface area contributed by atoms with Crippen LogP contribution in [-0.4, -0.2) is 34.7 Å². The van der Waals surface area contributed by atoms with Gasteiger partial charge in [-0.15, -0.1) is 0 Å². The average Bonchev–Trinajstić information content (AvgIpc) is 3.29. The highest BCUT2D eigenvalue weighted by molar-refractivity contribution is 5.82. The molecule has 1 saturated heterocycles. The summed E-state index contributed by atoms with van der Waals surface area (Å²) >= 11 is 0. The first-order chi connectivity index (χ1) is 12.0. The van der Waals surface area contributed by atoms with E-state index < -0.39 is 0 Å². The SMILES string of the molecule is Cc1c([C@H](C)NC(=O)N2C[C@@H]3C[C@H]4C[C@H]3[C@@H]2[C@H]4O)oc2ccccc12. The summed E-state index contributed by atoms with van der Waals surface area (Å²) in [5.74, 6) is 2.27. The zero-order chi connectivity index (χ0) is 17.3. The van der Waals surface area contributed by atoms with E-state index in [4.69, 9.17) is 4.42 Å². The zero-order valence-corrected chi connectivity index (χ0v) is 14.6. The molecule has 2 bridgehead atoms. The second-order valence-electron chi connectivity index (χ2n) is 8.05. The number of carbonyl (C=O) groups is 1. The van der Waals surface area contributed by atoms with E-state index in [1.165, 1.54) is 0 Å². The predicted octanol–water partition coefficient (Wildman–Crippen LogP) is 3.21. The number of benzene rings is 1. The number of likely N-dealkylation sites (tertiary alicyclic amines) is 1. The van der Waals surface area contributed by atoms with Gasteiger partial charge in [0.1, 0.15) is 11.3 Å². The third-order valence-corrected chi connectivity index (χ3v) is 6.72. The van der Waals surface area contributed by atoms with Crippen LogP contribution in [0.15, 0.2) is 28.7 Å². The van der Waals surface area contributed by atoms with Crippen LogP contribution >= 0.6 is 0 Å². The highest BCUT2D eigenvalue weighted by Gasteiger charge is 2.60. The van der Waals surface area contributed by atoms with Gasteiger partial charge in [-0.2, -0.15) is 0 Å². The lowest BCUT2D eigenvalue weighted by molar-refractivity contribution is 0.0604. The van der Waals surface area contributed by atoms with Gasteiger partial charge in [-0.3, -0.25) is 0 Å². The first kappa shape index (κ1) is 15.3. The second-order valence-corrected chi connectivity index (χ2v) is 8.05. The number of furan rings is 1. The van der Waals surface area contributed by atoms with Crippen LogP contribution in [-0.2, 0) is 0 Å². The zero-order valence-electron chi connectivity index (χ0n) is 14.6. The molecule has 3 fully saturated rings. The van der Waals surface area contributed by atoms with Gasteiger partial charge < -0.3 is 19.7 Å². The van der Waals surface area contributed by atoms with Crippen LogP contribution in [0, 0.1) is 24.7 Å². The topological polar surface area (TPSA) is 65.7 Å². The summed E-state index contributed by atoms with van der Waals surface area (Å²) < 4.78 is 5.98. The maximum absolute atomic E-state index is 12.9. The van der Waals surface area contributed by atoms with Gasteiger partial charge in [0, 0.05) is 17.5 Å². The molecular formula is C20H24N2O3. The molecule has 0 spiro atoms. The van der Waals surface area contributed by atoms with E-state index in [9.17, 15) is 9.90 Å². The summed E-state index contributed by atoms with van der Waals surface area (Å²) in [5, 5.41) is 14.7. The van der Waals surface area contributed by atoms with Crippen molar-refractivity contribution in [2.24, 2.45) is 17.8 Å². The van der Waals surface area contributed by atoms with Gasteiger partial charge in [0.15, 0.2) is 0 Å². The highest BCUT2D eigenvalue weighted by atomic mass is 16.3. The third kappa shape index (κ3) is 2.08. The first-order valence-electron chi connectivity index (χ1n) is 9.28. The van der Waals surface area contributed by atoms with Crippen LogP contribution in [0.4, 0.5) is 4.79 Å². The van der Waals surface area contributed by atoms with Crippen LogP contribution in [0.1, 0.15) is 37.1 Å². The van der Waals surface area contributed by atoms with Gasteiger partial charge >= 0.3 is 6.03 Å². The van der Waals surface area contributed by atoms with Crippen molar-refractivity contribution in [1.29, 1.82) is 0 Å². The van der Waals surface area contributed by atoms with Gasteiger partial charge in [-0.05, 0) is 50.5 Å². The Hall–Kier alpha value is -2.01. The normalized spacial score (nSPS) is 34.0. The molecular weight excluding hydrogens is 316 g/mol. The number of aryl methyl sites for hydroxylation is 1. The van der Waals surface area contributed by atoms with E-state index >= 15 is 0 Å². The number of para-hydroxylation sites is 1. The minimum atomic E-state index is -0.349. The fraction of sp³-hybridized carbons (Fsp3) is 0.550. The van der Waals surface area contributed by atoms with E-state index in [0.29, 0.717) is 17.8 Å². The third-order valence-electron chi connectivity index (χ3n) is 6.72. The molecule has 132 valence electrons. The van der Waals surface area contributed by atoms with Crippen LogP contribution in [0.5, 0.6) is 0 Å².